The molecule has 0 spiro atoms. The van der Waals surface area contributed by atoms with Crippen LogP contribution in [-0.2, 0) is 6.54 Å². The zero-order valence-electron chi connectivity index (χ0n) is 16.1. The Kier molecular flexibility index (Phi) is 5.10. The second-order valence-corrected chi connectivity index (χ2v) is 8.63. The second kappa shape index (κ2) is 7.90. The van der Waals surface area contributed by atoms with Crippen LogP contribution in [0.2, 0.25) is 5.02 Å². The molecule has 1 aromatic carbocycles. The average Bonchev–Trinajstić information content (AvgIpc) is 3.47. The molecule has 1 aliphatic rings. The zero-order chi connectivity index (χ0) is 20.7. The van der Waals surface area contributed by atoms with Crippen LogP contribution in [0.5, 0.6) is 0 Å². The molecule has 0 radical (unpaired) electrons. The van der Waals surface area contributed by atoms with Crippen molar-refractivity contribution < 1.29 is 0 Å². The molecule has 8 nitrogen and oxygen atoms in total. The number of fused-ring (bicyclic) bond motifs is 2. The molecule has 10 heteroatoms. The first-order valence-corrected chi connectivity index (χ1v) is 11.1. The molecule has 1 fully saturated rings. The predicted molar refractivity (Wildman–Crippen MR) is 119 cm³/mol. The van der Waals surface area contributed by atoms with Gasteiger partial charge in [-0.2, -0.15) is 0 Å². The molecule has 1 unspecified atom stereocenters. The quantitative estimate of drug-likeness (QED) is 0.452. The Balaban J connectivity index is 1.66. The molecule has 1 saturated carbocycles. The van der Waals surface area contributed by atoms with Crippen LogP contribution in [0.4, 0.5) is 5.82 Å². The number of nitrogens with zero attached hydrogens (tertiary/aromatic N) is 5. The van der Waals surface area contributed by atoms with Crippen molar-refractivity contribution in [1.29, 1.82) is 0 Å². The van der Waals surface area contributed by atoms with Crippen LogP contribution in [0, 0.1) is 5.92 Å². The summed E-state index contributed by atoms with van der Waals surface area (Å²) in [6.07, 6.45) is 4.32. The number of nitrogens with one attached hydrogen (secondary N) is 1. The molecule has 1 atom stereocenters. The number of nitrogens with two attached hydrogens (primary N) is 1. The number of halogens is 1. The van der Waals surface area contributed by atoms with Gasteiger partial charge in [-0.15, -0.1) is 11.3 Å². The van der Waals surface area contributed by atoms with Gasteiger partial charge in [-0.3, -0.25) is 9.36 Å². The highest BCUT2D eigenvalue weighted by Gasteiger charge is 2.36. The maximum absolute atomic E-state index is 13.4. The van der Waals surface area contributed by atoms with E-state index in [4.69, 9.17) is 22.3 Å². The summed E-state index contributed by atoms with van der Waals surface area (Å²) in [5, 5.41) is 4.37. The maximum atomic E-state index is 13.4. The molecular weight excluding hydrogens is 422 g/mol. The first-order chi connectivity index (χ1) is 14.7. The van der Waals surface area contributed by atoms with Crippen molar-refractivity contribution in [2.75, 3.05) is 11.9 Å². The SMILES string of the molecule is NCCCn1c(C(Nc2ncnc3scnc23)C2CC2)nc2cccc(Cl)c2c1=O. The van der Waals surface area contributed by atoms with Crippen molar-refractivity contribution >= 4 is 50.0 Å². The summed E-state index contributed by atoms with van der Waals surface area (Å²) in [4.78, 5) is 32.2. The van der Waals surface area contributed by atoms with Gasteiger partial charge in [0.15, 0.2) is 5.82 Å². The van der Waals surface area contributed by atoms with Crippen molar-refractivity contribution in [1.82, 2.24) is 24.5 Å². The van der Waals surface area contributed by atoms with Crippen molar-refractivity contribution in [3.63, 3.8) is 0 Å². The Hall–Kier alpha value is -2.62. The molecule has 4 aromatic rings. The highest BCUT2D eigenvalue weighted by Crippen LogP contribution is 2.43. The minimum Gasteiger partial charge on any atom is -0.358 e. The van der Waals surface area contributed by atoms with Crippen molar-refractivity contribution in [2.24, 2.45) is 11.7 Å². The first kappa shape index (κ1) is 19.3. The van der Waals surface area contributed by atoms with Gasteiger partial charge in [0.05, 0.1) is 27.5 Å². The van der Waals surface area contributed by atoms with Gasteiger partial charge < -0.3 is 11.1 Å². The maximum Gasteiger partial charge on any atom is 0.262 e. The molecule has 3 N–H and O–H groups in total. The molecule has 30 heavy (non-hydrogen) atoms. The van der Waals surface area contributed by atoms with Crippen LogP contribution >= 0.6 is 22.9 Å². The third kappa shape index (κ3) is 3.42. The van der Waals surface area contributed by atoms with E-state index in [0.29, 0.717) is 53.0 Å². The van der Waals surface area contributed by atoms with Crippen molar-refractivity contribution in [3.8, 4) is 0 Å². The van der Waals surface area contributed by atoms with E-state index in [1.165, 1.54) is 17.7 Å². The summed E-state index contributed by atoms with van der Waals surface area (Å²) in [6.45, 7) is 0.971. The van der Waals surface area contributed by atoms with Gasteiger partial charge >= 0.3 is 0 Å². The van der Waals surface area contributed by atoms with E-state index < -0.39 is 0 Å². The lowest BCUT2D eigenvalue weighted by molar-refractivity contribution is 0.531. The van der Waals surface area contributed by atoms with E-state index in [1.807, 2.05) is 12.1 Å². The van der Waals surface area contributed by atoms with Gasteiger partial charge in [-0.25, -0.2) is 19.9 Å². The summed E-state index contributed by atoms with van der Waals surface area (Å²) in [7, 11) is 0. The molecule has 5 rings (SSSR count). The summed E-state index contributed by atoms with van der Waals surface area (Å²) in [5.74, 6) is 1.71. The topological polar surface area (TPSA) is 112 Å². The number of aromatic nitrogens is 5. The molecular formula is C20H20ClN7OS. The van der Waals surface area contributed by atoms with Crippen LogP contribution in [0.3, 0.4) is 0 Å². The summed E-state index contributed by atoms with van der Waals surface area (Å²) in [5.41, 5.74) is 8.68. The van der Waals surface area contributed by atoms with Crippen LogP contribution in [0.25, 0.3) is 21.3 Å². The zero-order valence-corrected chi connectivity index (χ0v) is 17.7. The lowest BCUT2D eigenvalue weighted by Gasteiger charge is -2.23. The predicted octanol–water partition coefficient (Wildman–Crippen LogP) is 3.36. The normalized spacial score (nSPS) is 15.0. The number of anilines is 1. The molecule has 3 aromatic heterocycles. The van der Waals surface area contributed by atoms with E-state index in [2.05, 4.69) is 20.3 Å². The second-order valence-electron chi connectivity index (χ2n) is 7.39. The molecule has 0 amide bonds. The van der Waals surface area contributed by atoms with E-state index in [0.717, 1.165) is 23.2 Å². The third-order valence-corrected chi connectivity index (χ3v) is 6.39. The van der Waals surface area contributed by atoms with Gasteiger partial charge in [-0.1, -0.05) is 17.7 Å². The van der Waals surface area contributed by atoms with E-state index in [1.54, 1.807) is 16.1 Å². The molecule has 0 bridgehead atoms. The number of rotatable bonds is 7. The summed E-state index contributed by atoms with van der Waals surface area (Å²) < 4.78 is 1.72. The Morgan fingerprint density at radius 1 is 1.30 bits per heavy atom. The average molecular weight is 442 g/mol. The van der Waals surface area contributed by atoms with Gasteiger partial charge in [0.25, 0.3) is 5.56 Å². The fourth-order valence-electron chi connectivity index (χ4n) is 3.71. The van der Waals surface area contributed by atoms with Gasteiger partial charge in [0.2, 0.25) is 0 Å². The molecule has 0 aliphatic heterocycles. The first-order valence-electron chi connectivity index (χ1n) is 9.87. The van der Waals surface area contributed by atoms with Gasteiger partial charge in [0, 0.05) is 6.54 Å². The Morgan fingerprint density at radius 2 is 2.17 bits per heavy atom. The highest BCUT2D eigenvalue weighted by molar-refractivity contribution is 7.16. The van der Waals surface area contributed by atoms with Gasteiger partial charge in [-0.05, 0) is 43.9 Å². The van der Waals surface area contributed by atoms with Crippen molar-refractivity contribution in [2.45, 2.75) is 31.8 Å². The largest absolute Gasteiger partial charge is 0.358 e. The van der Waals surface area contributed by atoms with Crippen LogP contribution in [-0.4, -0.2) is 31.0 Å². The molecule has 154 valence electrons. The summed E-state index contributed by atoms with van der Waals surface area (Å²) in [6, 6.07) is 5.19. The lowest BCUT2D eigenvalue weighted by Crippen LogP contribution is -2.31. The number of hydrogen-bond donors (Lipinski definition) is 2. The standard InChI is InChI=1S/C20H20ClN7OS/c21-12-3-1-4-13-14(12)20(29)28(8-2-7-22)18(26-13)15(11-5-6-11)27-17-16-19(24-9-23-17)30-10-25-16/h1,3-4,9-11,15H,2,5-8,22H2,(H,23,24,27). The lowest BCUT2D eigenvalue weighted by atomic mass is 10.1. The molecule has 1 aliphatic carbocycles. The van der Waals surface area contributed by atoms with Crippen molar-refractivity contribution in [3.05, 3.63) is 51.2 Å². The number of thiazole rings is 1. The fraction of sp³-hybridized carbons (Fsp3) is 0.350. The fourth-order valence-corrected chi connectivity index (χ4v) is 4.59. The summed E-state index contributed by atoms with van der Waals surface area (Å²) >= 11 is 7.81. The Morgan fingerprint density at radius 3 is 2.97 bits per heavy atom. The van der Waals surface area contributed by atoms with E-state index in [9.17, 15) is 4.79 Å². The Labute approximate surface area is 181 Å². The molecule has 3 heterocycles. The minimum atomic E-state index is -0.168. The van der Waals surface area contributed by atoms with Crippen LogP contribution in [0.15, 0.2) is 34.8 Å². The van der Waals surface area contributed by atoms with E-state index in [-0.39, 0.29) is 11.6 Å². The minimum absolute atomic E-state index is 0.136. The molecule has 0 saturated heterocycles. The monoisotopic (exact) mass is 441 g/mol. The number of benzene rings is 1. The van der Waals surface area contributed by atoms with Crippen LogP contribution < -0.4 is 16.6 Å². The smallest absolute Gasteiger partial charge is 0.262 e. The number of hydrogen-bond acceptors (Lipinski definition) is 8. The van der Waals surface area contributed by atoms with E-state index >= 15 is 0 Å². The van der Waals surface area contributed by atoms with Crippen LogP contribution in [0.1, 0.15) is 31.1 Å². The Bertz CT molecular complexity index is 1280. The van der Waals surface area contributed by atoms with Gasteiger partial charge in [0.1, 0.15) is 22.5 Å². The third-order valence-electron chi connectivity index (χ3n) is 5.35. The highest BCUT2D eigenvalue weighted by atomic mass is 35.5.